The van der Waals surface area contributed by atoms with Crippen molar-refractivity contribution in [3.8, 4) is 0 Å². The first-order valence-corrected chi connectivity index (χ1v) is 7.30. The zero-order chi connectivity index (χ0) is 13.8. The standard InChI is InChI=1S/C17H20N2O/c20-17(19-11-4-9-18-10-12-19)13-15-7-3-6-14-5-1-2-8-16(14)15/h1-3,5-8,18H,4,9-13H2. The minimum absolute atomic E-state index is 0.241. The van der Waals surface area contributed by atoms with Crippen molar-refractivity contribution < 1.29 is 4.79 Å². The molecule has 2 aromatic rings. The van der Waals surface area contributed by atoms with E-state index in [1.165, 1.54) is 10.8 Å². The summed E-state index contributed by atoms with van der Waals surface area (Å²) < 4.78 is 0. The van der Waals surface area contributed by atoms with Crippen LogP contribution in [0, 0.1) is 0 Å². The maximum Gasteiger partial charge on any atom is 0.227 e. The molecule has 0 radical (unpaired) electrons. The first-order chi connectivity index (χ1) is 9.84. The highest BCUT2D eigenvalue weighted by molar-refractivity contribution is 5.90. The van der Waals surface area contributed by atoms with Crippen LogP contribution >= 0.6 is 0 Å². The highest BCUT2D eigenvalue weighted by Crippen LogP contribution is 2.19. The number of nitrogens with zero attached hydrogens (tertiary/aromatic N) is 1. The monoisotopic (exact) mass is 268 g/mol. The number of hydrogen-bond donors (Lipinski definition) is 1. The number of rotatable bonds is 2. The average molecular weight is 268 g/mol. The van der Waals surface area contributed by atoms with Gasteiger partial charge in [0.2, 0.25) is 5.91 Å². The molecule has 1 fully saturated rings. The van der Waals surface area contributed by atoms with Gasteiger partial charge in [0.05, 0.1) is 6.42 Å². The van der Waals surface area contributed by atoms with Crippen molar-refractivity contribution in [1.29, 1.82) is 0 Å². The van der Waals surface area contributed by atoms with Crippen LogP contribution < -0.4 is 5.32 Å². The van der Waals surface area contributed by atoms with Crippen molar-refractivity contribution in [2.45, 2.75) is 12.8 Å². The molecule has 0 atom stereocenters. The van der Waals surface area contributed by atoms with Crippen LogP contribution in [0.1, 0.15) is 12.0 Å². The minimum Gasteiger partial charge on any atom is -0.341 e. The van der Waals surface area contributed by atoms with Crippen LogP contribution in [-0.2, 0) is 11.2 Å². The molecule has 3 nitrogen and oxygen atoms in total. The van der Waals surface area contributed by atoms with E-state index in [1.807, 2.05) is 23.1 Å². The SMILES string of the molecule is O=C(Cc1cccc2ccccc12)N1CCCNCC1. The van der Waals surface area contributed by atoms with Crippen LogP contribution in [0.4, 0.5) is 0 Å². The second kappa shape index (κ2) is 6.06. The zero-order valence-corrected chi connectivity index (χ0v) is 11.6. The minimum atomic E-state index is 0.241. The van der Waals surface area contributed by atoms with Gasteiger partial charge in [-0.05, 0) is 29.3 Å². The van der Waals surface area contributed by atoms with Gasteiger partial charge in [0.15, 0.2) is 0 Å². The maximum atomic E-state index is 12.5. The molecule has 0 unspecified atom stereocenters. The third-order valence-corrected chi connectivity index (χ3v) is 3.91. The Balaban J connectivity index is 1.80. The van der Waals surface area contributed by atoms with Crippen molar-refractivity contribution in [3.63, 3.8) is 0 Å². The topological polar surface area (TPSA) is 32.3 Å². The molecule has 3 rings (SSSR count). The first-order valence-electron chi connectivity index (χ1n) is 7.30. The van der Waals surface area contributed by atoms with E-state index in [-0.39, 0.29) is 5.91 Å². The molecule has 1 amide bonds. The van der Waals surface area contributed by atoms with Crippen LogP contribution in [-0.4, -0.2) is 37.0 Å². The Bertz CT molecular complexity index is 595. The van der Waals surface area contributed by atoms with Gasteiger partial charge in [-0.3, -0.25) is 4.79 Å². The lowest BCUT2D eigenvalue weighted by atomic mass is 10.0. The van der Waals surface area contributed by atoms with E-state index in [4.69, 9.17) is 0 Å². The Morgan fingerprint density at radius 1 is 1.05 bits per heavy atom. The normalized spacial score (nSPS) is 16.1. The van der Waals surface area contributed by atoms with E-state index in [0.29, 0.717) is 6.42 Å². The highest BCUT2D eigenvalue weighted by Gasteiger charge is 2.16. The first kappa shape index (κ1) is 13.1. The van der Waals surface area contributed by atoms with Crippen molar-refractivity contribution in [1.82, 2.24) is 10.2 Å². The molecule has 104 valence electrons. The predicted molar refractivity (Wildman–Crippen MR) is 81.7 cm³/mol. The molecule has 1 aliphatic heterocycles. The maximum absolute atomic E-state index is 12.5. The van der Waals surface area contributed by atoms with Gasteiger partial charge in [-0.15, -0.1) is 0 Å². The Morgan fingerprint density at radius 3 is 2.85 bits per heavy atom. The Morgan fingerprint density at radius 2 is 1.90 bits per heavy atom. The number of fused-ring (bicyclic) bond motifs is 1. The number of carbonyl (C=O) groups is 1. The smallest absolute Gasteiger partial charge is 0.227 e. The summed E-state index contributed by atoms with van der Waals surface area (Å²) in [6, 6.07) is 14.5. The Kier molecular flexibility index (Phi) is 3.97. The third-order valence-electron chi connectivity index (χ3n) is 3.91. The summed E-state index contributed by atoms with van der Waals surface area (Å²) in [5.74, 6) is 0.241. The van der Waals surface area contributed by atoms with Gasteiger partial charge in [-0.1, -0.05) is 42.5 Å². The second-order valence-corrected chi connectivity index (χ2v) is 5.30. The van der Waals surface area contributed by atoms with E-state index in [2.05, 4.69) is 29.6 Å². The largest absolute Gasteiger partial charge is 0.341 e. The van der Waals surface area contributed by atoms with E-state index in [0.717, 1.165) is 38.2 Å². The number of amides is 1. The Labute approximate surface area is 119 Å². The van der Waals surface area contributed by atoms with Crippen molar-refractivity contribution >= 4 is 16.7 Å². The summed E-state index contributed by atoms with van der Waals surface area (Å²) in [6.45, 7) is 3.61. The van der Waals surface area contributed by atoms with Crippen molar-refractivity contribution in [3.05, 3.63) is 48.0 Å². The van der Waals surface area contributed by atoms with Crippen LogP contribution in [0.15, 0.2) is 42.5 Å². The second-order valence-electron chi connectivity index (χ2n) is 5.30. The van der Waals surface area contributed by atoms with Crippen molar-refractivity contribution in [2.24, 2.45) is 0 Å². The van der Waals surface area contributed by atoms with Gasteiger partial charge >= 0.3 is 0 Å². The molecular formula is C17H20N2O. The fraction of sp³-hybridized carbons (Fsp3) is 0.353. The van der Waals surface area contributed by atoms with Gasteiger partial charge in [-0.25, -0.2) is 0 Å². The average Bonchev–Trinajstić information content (AvgIpc) is 2.77. The molecule has 2 aromatic carbocycles. The lowest BCUT2D eigenvalue weighted by Crippen LogP contribution is -2.35. The van der Waals surface area contributed by atoms with Gasteiger partial charge < -0.3 is 10.2 Å². The molecule has 0 spiro atoms. The summed E-state index contributed by atoms with van der Waals surface area (Å²) in [6.07, 6.45) is 1.54. The molecule has 3 heteroatoms. The fourth-order valence-electron chi connectivity index (χ4n) is 2.82. The summed E-state index contributed by atoms with van der Waals surface area (Å²) >= 11 is 0. The van der Waals surface area contributed by atoms with E-state index >= 15 is 0 Å². The quantitative estimate of drug-likeness (QED) is 0.905. The van der Waals surface area contributed by atoms with Gasteiger partial charge in [0, 0.05) is 19.6 Å². The summed E-state index contributed by atoms with van der Waals surface area (Å²) in [5, 5.41) is 5.73. The van der Waals surface area contributed by atoms with E-state index < -0.39 is 0 Å². The summed E-state index contributed by atoms with van der Waals surface area (Å²) in [5.41, 5.74) is 1.13. The zero-order valence-electron chi connectivity index (χ0n) is 11.6. The molecule has 1 aliphatic rings. The number of nitrogens with one attached hydrogen (secondary N) is 1. The summed E-state index contributed by atoms with van der Waals surface area (Å²) in [7, 11) is 0. The van der Waals surface area contributed by atoms with Crippen LogP contribution in [0.3, 0.4) is 0 Å². The molecule has 1 saturated heterocycles. The van der Waals surface area contributed by atoms with Gasteiger partial charge in [0.25, 0.3) is 0 Å². The number of carbonyl (C=O) groups excluding carboxylic acids is 1. The molecule has 0 saturated carbocycles. The van der Waals surface area contributed by atoms with Crippen LogP contribution in [0.2, 0.25) is 0 Å². The molecule has 20 heavy (non-hydrogen) atoms. The fourth-order valence-corrected chi connectivity index (χ4v) is 2.82. The lowest BCUT2D eigenvalue weighted by Gasteiger charge is -2.20. The van der Waals surface area contributed by atoms with Crippen LogP contribution in [0.25, 0.3) is 10.8 Å². The summed E-state index contributed by atoms with van der Waals surface area (Å²) in [4.78, 5) is 14.4. The van der Waals surface area contributed by atoms with Crippen molar-refractivity contribution in [2.75, 3.05) is 26.2 Å². The molecular weight excluding hydrogens is 248 g/mol. The lowest BCUT2D eigenvalue weighted by molar-refractivity contribution is -0.130. The number of benzene rings is 2. The van der Waals surface area contributed by atoms with Crippen LogP contribution in [0.5, 0.6) is 0 Å². The molecule has 1 N–H and O–H groups in total. The number of hydrogen-bond acceptors (Lipinski definition) is 2. The molecule has 1 heterocycles. The van der Waals surface area contributed by atoms with Gasteiger partial charge in [-0.2, -0.15) is 0 Å². The van der Waals surface area contributed by atoms with E-state index in [1.54, 1.807) is 0 Å². The van der Waals surface area contributed by atoms with E-state index in [9.17, 15) is 4.79 Å². The molecule has 0 bridgehead atoms. The third kappa shape index (κ3) is 2.83. The van der Waals surface area contributed by atoms with Gasteiger partial charge in [0.1, 0.15) is 0 Å². The molecule has 0 aromatic heterocycles. The molecule has 0 aliphatic carbocycles. The Hall–Kier alpha value is -1.87. The highest BCUT2D eigenvalue weighted by atomic mass is 16.2. The predicted octanol–water partition coefficient (Wildman–Crippen LogP) is 2.20.